The van der Waals surface area contributed by atoms with Gasteiger partial charge in [-0.15, -0.1) is 0 Å². The summed E-state index contributed by atoms with van der Waals surface area (Å²) in [4.78, 5) is 21.3. The number of anilines is 1. The lowest BCUT2D eigenvalue weighted by Gasteiger charge is -2.37. The van der Waals surface area contributed by atoms with E-state index in [9.17, 15) is 13.6 Å². The molecule has 2 aromatic carbocycles. The van der Waals surface area contributed by atoms with Crippen LogP contribution in [0.3, 0.4) is 0 Å². The van der Waals surface area contributed by atoms with Crippen molar-refractivity contribution < 1.29 is 8.78 Å². The molecule has 0 spiro atoms. The van der Waals surface area contributed by atoms with Gasteiger partial charge in [0.15, 0.2) is 11.6 Å². The number of nitrogens with zero attached hydrogens (tertiary/aromatic N) is 2. The topological polar surface area (TPSA) is 48.5 Å². The maximum atomic E-state index is 14.2. The fraction of sp³-hybridized carbons (Fsp3) is 0.238. The molecule has 6 heteroatoms. The van der Waals surface area contributed by atoms with E-state index in [1.165, 1.54) is 12.1 Å². The summed E-state index contributed by atoms with van der Waals surface area (Å²) in [5.41, 5.74) is 2.05. The quantitative estimate of drug-likeness (QED) is 0.753. The Morgan fingerprint density at radius 3 is 2.74 bits per heavy atom. The Morgan fingerprint density at radius 2 is 1.96 bits per heavy atom. The molecule has 27 heavy (non-hydrogen) atoms. The number of H-pyrrole nitrogens is 1. The van der Waals surface area contributed by atoms with E-state index in [1.807, 2.05) is 30.5 Å². The Labute approximate surface area is 155 Å². The predicted octanol–water partition coefficient (Wildman–Crippen LogP) is 4.23. The van der Waals surface area contributed by atoms with Crippen LogP contribution < -0.4 is 10.5 Å². The van der Waals surface area contributed by atoms with E-state index in [1.54, 1.807) is 0 Å². The number of fused-ring (bicyclic) bond motifs is 2. The molecule has 1 aromatic heterocycles. The molecule has 1 N–H and O–H groups in total. The van der Waals surface area contributed by atoms with Gasteiger partial charge in [0, 0.05) is 35.5 Å². The fourth-order valence-corrected chi connectivity index (χ4v) is 3.60. The number of benzene rings is 2. The van der Waals surface area contributed by atoms with Crippen molar-refractivity contribution in [2.75, 3.05) is 4.90 Å². The van der Waals surface area contributed by atoms with Gasteiger partial charge in [-0.2, -0.15) is 0 Å². The van der Waals surface area contributed by atoms with Gasteiger partial charge in [0.2, 0.25) is 5.56 Å². The molecule has 1 unspecified atom stereocenters. The Balaban J connectivity index is 1.86. The smallest absolute Gasteiger partial charge is 0.248 e. The molecule has 1 atom stereocenters. The summed E-state index contributed by atoms with van der Waals surface area (Å²) in [5.74, 6) is -1.79. The summed E-state index contributed by atoms with van der Waals surface area (Å²) in [7, 11) is 0. The molecule has 138 valence electrons. The summed E-state index contributed by atoms with van der Waals surface area (Å²) >= 11 is 0. The van der Waals surface area contributed by atoms with Crippen LogP contribution in [-0.2, 0) is 6.54 Å². The zero-order valence-electron chi connectivity index (χ0n) is 15.0. The van der Waals surface area contributed by atoms with Crippen molar-refractivity contribution >= 4 is 22.8 Å². The molecule has 0 bridgehead atoms. The van der Waals surface area contributed by atoms with Crippen LogP contribution in [0.15, 0.2) is 52.3 Å². The minimum atomic E-state index is -1.04. The monoisotopic (exact) mass is 367 g/mol. The maximum absolute atomic E-state index is 14.2. The fourth-order valence-electron chi connectivity index (χ4n) is 3.60. The van der Waals surface area contributed by atoms with Crippen molar-refractivity contribution in [1.82, 2.24) is 4.98 Å². The molecule has 0 radical (unpaired) electrons. The first kappa shape index (κ1) is 17.4. The lowest BCUT2D eigenvalue weighted by molar-refractivity contribution is 0.464. The minimum absolute atomic E-state index is 0.104. The third kappa shape index (κ3) is 3.01. The van der Waals surface area contributed by atoms with Crippen molar-refractivity contribution in [1.29, 1.82) is 0 Å². The van der Waals surface area contributed by atoms with Crippen LogP contribution in [0.1, 0.15) is 25.0 Å². The summed E-state index contributed by atoms with van der Waals surface area (Å²) in [5, 5.41) is 0.489. The van der Waals surface area contributed by atoms with Gasteiger partial charge in [0.1, 0.15) is 6.17 Å². The summed E-state index contributed by atoms with van der Waals surface area (Å²) < 4.78 is 27.8. The van der Waals surface area contributed by atoms with Crippen LogP contribution in [0.4, 0.5) is 14.5 Å². The van der Waals surface area contributed by atoms with E-state index in [0.29, 0.717) is 17.5 Å². The number of pyridine rings is 1. The van der Waals surface area contributed by atoms with Gasteiger partial charge in [-0.1, -0.05) is 32.0 Å². The van der Waals surface area contributed by atoms with Gasteiger partial charge in [0.25, 0.3) is 0 Å². The molecule has 1 aliphatic rings. The Bertz CT molecular complexity index is 1100. The first-order valence-corrected chi connectivity index (χ1v) is 8.84. The van der Waals surface area contributed by atoms with Crippen molar-refractivity contribution in [3.8, 4) is 0 Å². The number of rotatable bonds is 3. The van der Waals surface area contributed by atoms with Crippen molar-refractivity contribution in [2.24, 2.45) is 10.9 Å². The van der Waals surface area contributed by atoms with Gasteiger partial charge in [-0.3, -0.25) is 9.79 Å². The normalized spacial score (nSPS) is 16.2. The molecule has 0 saturated heterocycles. The molecule has 4 rings (SSSR count). The number of aromatic nitrogens is 1. The lowest BCUT2D eigenvalue weighted by atomic mass is 10.0. The number of hydrogen-bond donors (Lipinski definition) is 1. The molecule has 4 nitrogen and oxygen atoms in total. The highest BCUT2D eigenvalue weighted by Gasteiger charge is 2.27. The zero-order chi connectivity index (χ0) is 19.1. The number of aromatic amines is 1. The van der Waals surface area contributed by atoms with Crippen LogP contribution >= 0.6 is 0 Å². The second-order valence-electron chi connectivity index (χ2n) is 7.07. The average Bonchev–Trinajstić information content (AvgIpc) is 2.65. The molecule has 0 amide bonds. The Kier molecular flexibility index (Phi) is 4.26. The van der Waals surface area contributed by atoms with E-state index in [-0.39, 0.29) is 17.6 Å². The van der Waals surface area contributed by atoms with Gasteiger partial charge in [-0.05, 0) is 29.7 Å². The molecule has 1 aliphatic heterocycles. The molecule has 0 fully saturated rings. The molecule has 0 aliphatic carbocycles. The first-order valence-electron chi connectivity index (χ1n) is 8.84. The highest BCUT2D eigenvalue weighted by Crippen LogP contribution is 2.31. The number of hydrogen-bond acceptors (Lipinski definition) is 3. The first-order chi connectivity index (χ1) is 13.0. The van der Waals surface area contributed by atoms with E-state index >= 15 is 0 Å². The second kappa shape index (κ2) is 6.61. The van der Waals surface area contributed by atoms with Gasteiger partial charge in [-0.25, -0.2) is 8.78 Å². The summed E-state index contributed by atoms with van der Waals surface area (Å²) in [6.07, 6.45) is 1.75. The largest absolute Gasteiger partial charge is 0.345 e. The van der Waals surface area contributed by atoms with E-state index in [0.717, 1.165) is 17.3 Å². The number of aliphatic imine (C=N–C) groups is 1. The van der Waals surface area contributed by atoms with Gasteiger partial charge >= 0.3 is 0 Å². The van der Waals surface area contributed by atoms with Crippen LogP contribution in [0.2, 0.25) is 0 Å². The molecule has 0 saturated carbocycles. The highest BCUT2D eigenvalue weighted by atomic mass is 19.2. The number of para-hydroxylation sites is 1. The SMILES string of the molecule is CC(C)C1N=Cc2ccccc2N1Cc1cc(=O)[nH]c2c(F)c(F)ccc12. The Hall–Kier alpha value is -3.02. The van der Waals surface area contributed by atoms with Crippen LogP contribution in [-0.4, -0.2) is 17.4 Å². The molecular weight excluding hydrogens is 348 g/mol. The average molecular weight is 367 g/mol. The maximum Gasteiger partial charge on any atom is 0.248 e. The van der Waals surface area contributed by atoms with E-state index < -0.39 is 17.2 Å². The Morgan fingerprint density at radius 1 is 1.19 bits per heavy atom. The van der Waals surface area contributed by atoms with Gasteiger partial charge < -0.3 is 9.88 Å². The molecular formula is C21H19F2N3O. The number of nitrogens with one attached hydrogen (secondary N) is 1. The third-order valence-electron chi connectivity index (χ3n) is 4.86. The van der Waals surface area contributed by atoms with Crippen molar-refractivity contribution in [2.45, 2.75) is 26.6 Å². The lowest BCUT2D eigenvalue weighted by Crippen LogP contribution is -2.40. The van der Waals surface area contributed by atoms with E-state index in [4.69, 9.17) is 0 Å². The zero-order valence-corrected chi connectivity index (χ0v) is 15.0. The minimum Gasteiger partial charge on any atom is -0.345 e. The van der Waals surface area contributed by atoms with Gasteiger partial charge in [0.05, 0.1) is 5.52 Å². The standard InChI is InChI=1S/C21H19F2N3O/c1-12(2)21-24-10-13-5-3-4-6-17(13)26(21)11-14-9-18(27)25-20-15(14)7-8-16(22)19(20)23/h3-10,12,21H,11H2,1-2H3,(H,25,27). The predicted molar refractivity (Wildman–Crippen MR) is 103 cm³/mol. The van der Waals surface area contributed by atoms with E-state index in [2.05, 4.69) is 28.7 Å². The second-order valence-corrected chi connectivity index (χ2v) is 7.07. The van der Waals surface area contributed by atoms with Crippen LogP contribution in [0, 0.1) is 17.6 Å². The van der Waals surface area contributed by atoms with Crippen LogP contribution in [0.5, 0.6) is 0 Å². The third-order valence-corrected chi connectivity index (χ3v) is 4.86. The van der Waals surface area contributed by atoms with Crippen LogP contribution in [0.25, 0.3) is 10.9 Å². The molecule has 2 heterocycles. The highest BCUT2D eigenvalue weighted by molar-refractivity contribution is 5.90. The molecule has 3 aromatic rings. The summed E-state index contributed by atoms with van der Waals surface area (Å²) in [6.45, 7) is 4.52. The van der Waals surface area contributed by atoms with Crippen molar-refractivity contribution in [3.05, 3.63) is 75.6 Å². The van der Waals surface area contributed by atoms with Crippen molar-refractivity contribution in [3.63, 3.8) is 0 Å². The summed E-state index contributed by atoms with van der Waals surface area (Å²) in [6, 6.07) is 11.9. The number of halogens is 2.